The first-order chi connectivity index (χ1) is 22.0. The highest BCUT2D eigenvalue weighted by molar-refractivity contribution is 5.76. The summed E-state index contributed by atoms with van der Waals surface area (Å²) in [5.41, 5.74) is 4.19. The average molecular weight is 615 g/mol. The van der Waals surface area contributed by atoms with Crippen molar-refractivity contribution in [3.63, 3.8) is 0 Å². The minimum atomic E-state index is -0.110. The topological polar surface area (TPSA) is 62.2 Å². The summed E-state index contributed by atoms with van der Waals surface area (Å²) in [5, 5.41) is 10.1. The van der Waals surface area contributed by atoms with Gasteiger partial charge >= 0.3 is 0 Å². The zero-order chi connectivity index (χ0) is 31.0. The van der Waals surface area contributed by atoms with Gasteiger partial charge in [0.15, 0.2) is 11.5 Å². The summed E-state index contributed by atoms with van der Waals surface area (Å²) in [6.45, 7) is 2.05. The molecule has 1 amide bonds. The summed E-state index contributed by atoms with van der Waals surface area (Å²) < 4.78 is 12.8. The molecule has 45 heavy (non-hydrogen) atoms. The molecule has 3 aliphatic carbocycles. The standard InChI is InChI=1S/C39H54N2O4/c1-40(35(43)17-13-8-6-4-3-5-7-10-14-27-15-11-9-12-16-27)31-20-19-30-32-24-28-18-21-34(44-2)37-36(28)39(30,38(31)45-37)22-23-41(32)26-29-25-33(29)42/h9,11-12,15-16,18,21,29-33,38,42H,3-8,10,13-14,17,19-20,22-26H2,1-2H3/t29?,30-,31-,32+,33?,38-,39-/m0/s1. The number of likely N-dealkylation sites (tertiary alicyclic amines) is 1. The van der Waals surface area contributed by atoms with Crippen LogP contribution in [0.25, 0.3) is 0 Å². The third-order valence-electron chi connectivity index (χ3n) is 12.3. The molecule has 1 spiro atoms. The van der Waals surface area contributed by atoms with Gasteiger partial charge in [-0.15, -0.1) is 0 Å². The zero-order valence-electron chi connectivity index (χ0n) is 27.6. The number of hydrogen-bond acceptors (Lipinski definition) is 5. The Labute approximate surface area is 270 Å². The number of likely N-dealkylation sites (N-methyl/N-ethyl adjacent to an activating group) is 1. The van der Waals surface area contributed by atoms with Crippen LogP contribution in [0.4, 0.5) is 0 Å². The van der Waals surface area contributed by atoms with Gasteiger partial charge in [0.25, 0.3) is 0 Å². The van der Waals surface area contributed by atoms with E-state index in [1.165, 1.54) is 61.6 Å². The van der Waals surface area contributed by atoms with Crippen LogP contribution in [-0.2, 0) is 23.1 Å². The van der Waals surface area contributed by atoms with E-state index in [1.807, 2.05) is 7.05 Å². The molecule has 2 saturated carbocycles. The Kier molecular flexibility index (Phi) is 9.16. The second-order valence-corrected chi connectivity index (χ2v) is 14.9. The Morgan fingerprint density at radius 2 is 1.76 bits per heavy atom. The molecule has 2 aromatic carbocycles. The fourth-order valence-corrected chi connectivity index (χ4v) is 9.77. The number of piperidine rings is 1. The first-order valence-electron chi connectivity index (χ1n) is 18.1. The molecule has 6 nitrogen and oxygen atoms in total. The Bertz CT molecular complexity index is 1330. The molecule has 1 N–H and O–H groups in total. The van der Waals surface area contributed by atoms with Crippen molar-refractivity contribution < 1.29 is 19.4 Å². The highest BCUT2D eigenvalue weighted by Gasteiger charge is 2.66. The largest absolute Gasteiger partial charge is 0.493 e. The molecule has 2 bridgehead atoms. The Morgan fingerprint density at radius 3 is 2.49 bits per heavy atom. The number of nitrogens with zero attached hydrogens (tertiary/aromatic N) is 2. The highest BCUT2D eigenvalue weighted by atomic mass is 16.5. The lowest BCUT2D eigenvalue weighted by atomic mass is 9.51. The van der Waals surface area contributed by atoms with Gasteiger partial charge in [0, 0.05) is 43.0 Å². The van der Waals surface area contributed by atoms with Gasteiger partial charge in [-0.05, 0) is 81.0 Å². The van der Waals surface area contributed by atoms with Crippen LogP contribution in [0.3, 0.4) is 0 Å². The number of aliphatic hydroxyl groups is 1. The molecule has 2 aromatic rings. The monoisotopic (exact) mass is 614 g/mol. The minimum Gasteiger partial charge on any atom is -0.493 e. The van der Waals surface area contributed by atoms with E-state index < -0.39 is 0 Å². The predicted octanol–water partition coefficient (Wildman–Crippen LogP) is 6.70. The van der Waals surface area contributed by atoms with Crippen molar-refractivity contribution in [1.29, 1.82) is 0 Å². The summed E-state index contributed by atoms with van der Waals surface area (Å²) >= 11 is 0. The summed E-state index contributed by atoms with van der Waals surface area (Å²) in [7, 11) is 3.78. The first-order valence-corrected chi connectivity index (χ1v) is 18.1. The van der Waals surface area contributed by atoms with Gasteiger partial charge in [0.05, 0.1) is 19.3 Å². The lowest BCUT2D eigenvalue weighted by Gasteiger charge is -2.60. The van der Waals surface area contributed by atoms with Crippen molar-refractivity contribution in [2.45, 2.75) is 126 Å². The number of amides is 1. The van der Waals surface area contributed by atoms with Gasteiger partial charge in [0.2, 0.25) is 5.91 Å². The second kappa shape index (κ2) is 13.3. The molecular weight excluding hydrogens is 560 g/mol. The average Bonchev–Trinajstić information content (AvgIpc) is 3.64. The maximum absolute atomic E-state index is 13.6. The molecule has 0 aromatic heterocycles. The summed E-state index contributed by atoms with van der Waals surface area (Å²) in [5.74, 6) is 3.01. The molecule has 1 saturated heterocycles. The normalized spacial score (nSPS) is 30.8. The quantitative estimate of drug-likeness (QED) is 0.227. The summed E-state index contributed by atoms with van der Waals surface area (Å²) in [6.07, 6.45) is 16.7. The Balaban J connectivity index is 0.927. The number of rotatable bonds is 15. The number of carbonyl (C=O) groups excluding carboxylic acids is 1. The fraction of sp³-hybridized carbons (Fsp3) is 0.667. The van der Waals surface area contributed by atoms with E-state index in [1.54, 1.807) is 7.11 Å². The third kappa shape index (κ3) is 5.91. The molecular formula is C39H54N2O4. The molecule has 2 aliphatic heterocycles. The SMILES string of the molecule is COc1ccc2c3c1O[C@H]1[C@@H](N(C)C(=O)CCCCCCCCCCc4ccccc4)CC[C@H]4[C@@H](C2)N(CC2CC2O)CC[C@@]341. The number of carbonyl (C=O) groups is 1. The molecule has 5 aliphatic rings. The molecule has 0 radical (unpaired) electrons. The van der Waals surface area contributed by atoms with E-state index in [0.29, 0.717) is 24.3 Å². The molecule has 3 fully saturated rings. The van der Waals surface area contributed by atoms with Crippen molar-refractivity contribution >= 4 is 5.91 Å². The van der Waals surface area contributed by atoms with E-state index in [-0.39, 0.29) is 29.6 Å². The Morgan fingerprint density at radius 1 is 1.02 bits per heavy atom. The minimum absolute atomic E-state index is 0.0198. The number of ether oxygens (including phenoxy) is 2. The zero-order valence-corrected chi connectivity index (χ0v) is 27.6. The summed E-state index contributed by atoms with van der Waals surface area (Å²) in [4.78, 5) is 18.4. The van der Waals surface area contributed by atoms with Crippen LogP contribution in [0.5, 0.6) is 11.5 Å². The number of aliphatic hydroxyl groups excluding tert-OH is 1. The number of hydrogen-bond donors (Lipinski definition) is 1. The molecule has 2 heterocycles. The first kappa shape index (κ1) is 31.1. The number of benzene rings is 2. The van der Waals surface area contributed by atoms with Gasteiger partial charge in [0.1, 0.15) is 6.10 Å². The van der Waals surface area contributed by atoms with Crippen molar-refractivity contribution in [2.75, 3.05) is 27.2 Å². The highest BCUT2D eigenvalue weighted by Crippen LogP contribution is 2.64. The van der Waals surface area contributed by atoms with E-state index >= 15 is 0 Å². The fourth-order valence-electron chi connectivity index (χ4n) is 9.77. The molecule has 2 unspecified atom stereocenters. The van der Waals surface area contributed by atoms with Crippen LogP contribution in [0.15, 0.2) is 42.5 Å². The maximum atomic E-state index is 13.6. The van der Waals surface area contributed by atoms with Gasteiger partial charge in [-0.25, -0.2) is 0 Å². The van der Waals surface area contributed by atoms with Crippen LogP contribution in [0.2, 0.25) is 0 Å². The van der Waals surface area contributed by atoms with Gasteiger partial charge < -0.3 is 19.5 Å². The van der Waals surface area contributed by atoms with E-state index in [4.69, 9.17) is 9.47 Å². The van der Waals surface area contributed by atoms with Crippen molar-refractivity contribution in [2.24, 2.45) is 11.8 Å². The van der Waals surface area contributed by atoms with Crippen LogP contribution in [0.1, 0.15) is 100 Å². The molecule has 7 atom stereocenters. The smallest absolute Gasteiger partial charge is 0.222 e. The number of aryl methyl sites for hydroxylation is 1. The van der Waals surface area contributed by atoms with Gasteiger partial charge in [-0.2, -0.15) is 0 Å². The van der Waals surface area contributed by atoms with E-state index in [2.05, 4.69) is 52.3 Å². The van der Waals surface area contributed by atoms with Crippen molar-refractivity contribution in [1.82, 2.24) is 9.80 Å². The third-order valence-corrected chi connectivity index (χ3v) is 12.3. The van der Waals surface area contributed by atoms with Crippen molar-refractivity contribution in [3.8, 4) is 11.5 Å². The number of unbranched alkanes of at least 4 members (excludes halogenated alkanes) is 7. The molecule has 6 heteroatoms. The van der Waals surface area contributed by atoms with Crippen LogP contribution < -0.4 is 9.47 Å². The second-order valence-electron chi connectivity index (χ2n) is 14.9. The lowest BCUT2D eigenvalue weighted by molar-refractivity contribution is -0.140. The Hall–Kier alpha value is -2.57. The molecule has 244 valence electrons. The molecule has 7 rings (SSSR count). The van der Waals surface area contributed by atoms with Crippen LogP contribution in [-0.4, -0.2) is 72.4 Å². The van der Waals surface area contributed by atoms with E-state index in [9.17, 15) is 9.90 Å². The maximum Gasteiger partial charge on any atom is 0.222 e. The van der Waals surface area contributed by atoms with Crippen molar-refractivity contribution in [3.05, 3.63) is 59.2 Å². The van der Waals surface area contributed by atoms with E-state index in [0.717, 1.165) is 69.5 Å². The van der Waals surface area contributed by atoms with Gasteiger partial charge in [-0.3, -0.25) is 9.69 Å². The van der Waals surface area contributed by atoms with Crippen LogP contribution >= 0.6 is 0 Å². The van der Waals surface area contributed by atoms with Gasteiger partial charge in [-0.1, -0.05) is 74.9 Å². The number of methoxy groups -OCH3 is 1. The van der Waals surface area contributed by atoms with Crippen LogP contribution in [0, 0.1) is 11.8 Å². The summed E-state index contributed by atoms with van der Waals surface area (Å²) in [6, 6.07) is 15.7. The lowest BCUT2D eigenvalue weighted by Crippen LogP contribution is -2.69. The predicted molar refractivity (Wildman–Crippen MR) is 178 cm³/mol.